The predicted octanol–water partition coefficient (Wildman–Crippen LogP) is 3.69. The van der Waals surface area contributed by atoms with E-state index in [9.17, 15) is 10.1 Å². The first kappa shape index (κ1) is 18.4. The first-order valence-electron chi connectivity index (χ1n) is 8.35. The number of aromatic nitrogens is 2. The minimum Gasteiger partial charge on any atom is -0.312 e. The number of nitrogens with one attached hydrogen (secondary N) is 2. The van der Waals surface area contributed by atoms with Crippen molar-refractivity contribution < 1.29 is 4.79 Å². The largest absolute Gasteiger partial charge is 0.312 e. The smallest absolute Gasteiger partial charge is 0.259 e. The highest BCUT2D eigenvalue weighted by atomic mass is 79.9. The Hall–Kier alpha value is -1.99. The van der Waals surface area contributed by atoms with Gasteiger partial charge < -0.3 is 10.6 Å². The van der Waals surface area contributed by atoms with Crippen molar-refractivity contribution in [1.29, 1.82) is 5.26 Å². The van der Waals surface area contributed by atoms with Crippen LogP contribution >= 0.6 is 38.6 Å². The SMILES string of the molecule is Cn1cc(C(=O)Nc2sc3c(c2C#N)CC(Cc2ccc(Br)s2)NC3)cn1. The van der Waals surface area contributed by atoms with E-state index >= 15 is 0 Å². The van der Waals surface area contributed by atoms with Gasteiger partial charge in [-0.15, -0.1) is 22.7 Å². The molecule has 1 amide bonds. The van der Waals surface area contributed by atoms with Crippen LogP contribution in [0.4, 0.5) is 5.00 Å². The summed E-state index contributed by atoms with van der Waals surface area (Å²) >= 11 is 6.72. The summed E-state index contributed by atoms with van der Waals surface area (Å²) < 4.78 is 2.71. The van der Waals surface area contributed by atoms with Crippen LogP contribution in [0, 0.1) is 11.3 Å². The van der Waals surface area contributed by atoms with E-state index < -0.39 is 0 Å². The van der Waals surface area contributed by atoms with E-state index in [1.165, 1.54) is 22.4 Å². The number of fused-ring (bicyclic) bond motifs is 1. The highest BCUT2D eigenvalue weighted by molar-refractivity contribution is 9.11. The molecule has 1 atom stereocenters. The number of anilines is 1. The van der Waals surface area contributed by atoms with Gasteiger partial charge in [-0.3, -0.25) is 9.48 Å². The number of thiophene rings is 2. The zero-order valence-corrected chi connectivity index (χ0v) is 17.7. The maximum absolute atomic E-state index is 12.4. The number of carbonyl (C=O) groups is 1. The normalized spacial score (nSPS) is 16.0. The van der Waals surface area contributed by atoms with Crippen LogP contribution in [0.2, 0.25) is 0 Å². The van der Waals surface area contributed by atoms with E-state index in [1.54, 1.807) is 29.3 Å². The third-order valence-electron chi connectivity index (χ3n) is 4.47. The molecule has 1 aliphatic rings. The van der Waals surface area contributed by atoms with Crippen LogP contribution < -0.4 is 10.6 Å². The summed E-state index contributed by atoms with van der Waals surface area (Å²) in [5.41, 5.74) is 2.13. The van der Waals surface area contributed by atoms with E-state index in [2.05, 4.69) is 49.9 Å². The Bertz CT molecular complexity index is 1040. The molecule has 27 heavy (non-hydrogen) atoms. The average molecular weight is 462 g/mol. The van der Waals surface area contributed by atoms with Crippen LogP contribution in [0.1, 0.15) is 31.2 Å². The molecular formula is C18H16BrN5OS2. The van der Waals surface area contributed by atoms with Crippen LogP contribution in [0.5, 0.6) is 0 Å². The summed E-state index contributed by atoms with van der Waals surface area (Å²) in [6.45, 7) is 0.717. The van der Waals surface area contributed by atoms with Gasteiger partial charge in [-0.05, 0) is 46.5 Å². The van der Waals surface area contributed by atoms with Crippen molar-refractivity contribution in [2.75, 3.05) is 5.32 Å². The number of hydrogen-bond acceptors (Lipinski definition) is 6. The molecule has 4 rings (SSSR count). The summed E-state index contributed by atoms with van der Waals surface area (Å²) in [6, 6.07) is 6.77. The number of hydrogen-bond donors (Lipinski definition) is 2. The van der Waals surface area contributed by atoms with Gasteiger partial charge in [-0.25, -0.2) is 0 Å². The Balaban J connectivity index is 1.53. The highest BCUT2D eigenvalue weighted by Gasteiger charge is 2.27. The Labute approximate surface area is 173 Å². The predicted molar refractivity (Wildman–Crippen MR) is 110 cm³/mol. The van der Waals surface area contributed by atoms with Crippen molar-refractivity contribution in [3.8, 4) is 6.07 Å². The maximum atomic E-state index is 12.4. The summed E-state index contributed by atoms with van der Waals surface area (Å²) in [5, 5.41) is 20.8. The lowest BCUT2D eigenvalue weighted by Gasteiger charge is -2.23. The second-order valence-corrected chi connectivity index (χ2v) is 10.0. The van der Waals surface area contributed by atoms with Gasteiger partial charge in [-0.1, -0.05) is 0 Å². The molecule has 3 aromatic rings. The van der Waals surface area contributed by atoms with Gasteiger partial charge in [0, 0.05) is 35.6 Å². The van der Waals surface area contributed by atoms with E-state index in [0.717, 1.165) is 27.1 Å². The fraction of sp³-hybridized carbons (Fsp3) is 0.278. The lowest BCUT2D eigenvalue weighted by atomic mass is 9.96. The number of aryl methyl sites for hydroxylation is 1. The van der Waals surface area contributed by atoms with Crippen molar-refractivity contribution in [3.63, 3.8) is 0 Å². The van der Waals surface area contributed by atoms with Crippen LogP contribution in [0.25, 0.3) is 0 Å². The fourth-order valence-corrected chi connectivity index (χ4v) is 5.88. The minimum absolute atomic E-state index is 0.244. The average Bonchev–Trinajstić information content (AvgIpc) is 3.33. The van der Waals surface area contributed by atoms with Crippen LogP contribution in [-0.4, -0.2) is 21.7 Å². The second kappa shape index (κ2) is 7.56. The van der Waals surface area contributed by atoms with Gasteiger partial charge >= 0.3 is 0 Å². The number of carbonyl (C=O) groups excluding carboxylic acids is 1. The lowest BCUT2D eigenvalue weighted by Crippen LogP contribution is -2.36. The molecule has 1 aliphatic heterocycles. The van der Waals surface area contributed by atoms with Crippen LogP contribution in [-0.2, 0) is 26.4 Å². The molecule has 0 saturated heterocycles. The van der Waals surface area contributed by atoms with Gasteiger partial charge in [0.1, 0.15) is 11.1 Å². The van der Waals surface area contributed by atoms with E-state index in [0.29, 0.717) is 22.7 Å². The van der Waals surface area contributed by atoms with Gasteiger partial charge in [0.05, 0.1) is 21.1 Å². The minimum atomic E-state index is -0.244. The van der Waals surface area contributed by atoms with E-state index in [1.807, 2.05) is 0 Å². The first-order valence-corrected chi connectivity index (χ1v) is 10.8. The number of rotatable bonds is 4. The molecule has 138 valence electrons. The number of nitriles is 1. The quantitative estimate of drug-likeness (QED) is 0.620. The Morgan fingerprint density at radius 3 is 3.04 bits per heavy atom. The summed E-state index contributed by atoms with van der Waals surface area (Å²) in [4.78, 5) is 14.9. The number of nitrogens with zero attached hydrogens (tertiary/aromatic N) is 3. The van der Waals surface area contributed by atoms with Gasteiger partial charge in [0.15, 0.2) is 0 Å². The zero-order valence-electron chi connectivity index (χ0n) is 14.5. The molecule has 6 nitrogen and oxygen atoms in total. The number of amides is 1. The second-order valence-electron chi connectivity index (χ2n) is 6.37. The molecule has 2 N–H and O–H groups in total. The first-order chi connectivity index (χ1) is 13.0. The van der Waals surface area contributed by atoms with Crippen molar-refractivity contribution in [2.24, 2.45) is 7.05 Å². The summed E-state index contributed by atoms with van der Waals surface area (Å²) in [7, 11) is 1.76. The fourth-order valence-electron chi connectivity index (χ4n) is 3.20. The molecule has 0 fully saturated rings. The molecule has 0 aromatic carbocycles. The molecule has 0 bridgehead atoms. The third kappa shape index (κ3) is 3.84. The highest BCUT2D eigenvalue weighted by Crippen LogP contribution is 2.37. The van der Waals surface area contributed by atoms with Crippen molar-refractivity contribution >= 4 is 49.5 Å². The van der Waals surface area contributed by atoms with Crippen molar-refractivity contribution in [3.05, 3.63) is 54.8 Å². The molecule has 0 spiro atoms. The Kier molecular flexibility index (Phi) is 5.14. The van der Waals surface area contributed by atoms with Crippen molar-refractivity contribution in [2.45, 2.75) is 25.4 Å². The van der Waals surface area contributed by atoms with Crippen molar-refractivity contribution in [1.82, 2.24) is 15.1 Å². The molecule has 0 saturated carbocycles. The third-order valence-corrected chi connectivity index (χ3v) is 7.27. The molecular weight excluding hydrogens is 446 g/mol. The van der Waals surface area contributed by atoms with Gasteiger partial charge in [0.25, 0.3) is 5.91 Å². The summed E-state index contributed by atoms with van der Waals surface area (Å²) in [6.07, 6.45) is 4.89. The maximum Gasteiger partial charge on any atom is 0.259 e. The topological polar surface area (TPSA) is 82.7 Å². The molecule has 3 aromatic heterocycles. The standard InChI is InChI=1S/C18H16BrN5OS2/c1-24-9-10(7-22-24)17(25)23-18-14(6-20)13-5-11(21-8-15(13)27-18)4-12-2-3-16(19)26-12/h2-3,7,9,11,21H,4-5,8H2,1H3,(H,23,25). The Morgan fingerprint density at radius 1 is 1.52 bits per heavy atom. The van der Waals surface area contributed by atoms with Gasteiger partial charge in [0.2, 0.25) is 0 Å². The van der Waals surface area contributed by atoms with E-state index in [-0.39, 0.29) is 11.9 Å². The molecule has 0 radical (unpaired) electrons. The Morgan fingerprint density at radius 2 is 2.37 bits per heavy atom. The zero-order chi connectivity index (χ0) is 19.0. The van der Waals surface area contributed by atoms with Crippen LogP contribution in [0.15, 0.2) is 28.3 Å². The molecule has 4 heterocycles. The van der Waals surface area contributed by atoms with Gasteiger partial charge in [-0.2, -0.15) is 10.4 Å². The molecule has 9 heteroatoms. The molecule has 0 aliphatic carbocycles. The number of halogens is 1. The lowest BCUT2D eigenvalue weighted by molar-refractivity contribution is 0.102. The van der Waals surface area contributed by atoms with E-state index in [4.69, 9.17) is 0 Å². The summed E-state index contributed by atoms with van der Waals surface area (Å²) in [5.74, 6) is -0.244. The monoisotopic (exact) mass is 461 g/mol. The molecule has 1 unspecified atom stereocenters. The van der Waals surface area contributed by atoms with Crippen LogP contribution in [0.3, 0.4) is 0 Å².